The smallest absolute Gasteiger partial charge is 0.417 e. The van der Waals surface area contributed by atoms with Crippen molar-refractivity contribution in [1.82, 2.24) is 4.90 Å². The molecule has 0 unspecified atom stereocenters. The van der Waals surface area contributed by atoms with Gasteiger partial charge in [0.05, 0.1) is 34.4 Å². The summed E-state index contributed by atoms with van der Waals surface area (Å²) in [5.74, 6) is -1.49. The van der Waals surface area contributed by atoms with Gasteiger partial charge in [0.2, 0.25) is 5.60 Å². The number of nitriles is 2. The molecule has 0 fully saturated rings. The lowest BCUT2D eigenvalue weighted by Crippen LogP contribution is -2.49. The van der Waals surface area contributed by atoms with Crippen LogP contribution in [0.2, 0.25) is 0 Å². The molecule has 3 rings (SSSR count). The van der Waals surface area contributed by atoms with Gasteiger partial charge in [-0.3, -0.25) is 4.79 Å². The fraction of sp³-hybridized carbons (Fsp3) is 0.231. The van der Waals surface area contributed by atoms with Gasteiger partial charge in [-0.1, -0.05) is 6.08 Å². The van der Waals surface area contributed by atoms with E-state index in [-0.39, 0.29) is 23.4 Å². The molecule has 1 atom stereocenters. The zero-order chi connectivity index (χ0) is 27.2. The monoisotopic (exact) mass is 510 g/mol. The zero-order valence-corrected chi connectivity index (χ0v) is 19.8. The van der Waals surface area contributed by atoms with Gasteiger partial charge in [0.1, 0.15) is 12.4 Å². The second-order valence-electron chi connectivity index (χ2n) is 8.28. The summed E-state index contributed by atoms with van der Waals surface area (Å²) in [5.41, 5.74) is -3.43. The van der Waals surface area contributed by atoms with Crippen molar-refractivity contribution in [3.63, 3.8) is 0 Å². The number of rotatable bonds is 7. The molecule has 0 aliphatic carbocycles. The van der Waals surface area contributed by atoms with Crippen LogP contribution in [0.15, 0.2) is 66.5 Å². The number of amides is 1. The molecule has 0 radical (unpaired) electrons. The first-order chi connectivity index (χ1) is 17.4. The number of hydrogen-bond acceptors (Lipinski definition) is 7. The molecule has 37 heavy (non-hydrogen) atoms. The molecule has 2 aromatic carbocycles. The Kier molecular flexibility index (Phi) is 7.88. The van der Waals surface area contributed by atoms with E-state index < -0.39 is 41.4 Å². The molecule has 1 N–H and O–H groups in total. The highest BCUT2D eigenvalue weighted by Gasteiger charge is 2.40. The normalized spacial score (nSPS) is 14.5. The number of ether oxygens (including phenoxy) is 2. The average Bonchev–Trinajstić information content (AvgIpc) is 2.87. The van der Waals surface area contributed by atoms with Gasteiger partial charge in [-0.05, 0) is 55.6 Å². The number of halogens is 3. The van der Waals surface area contributed by atoms with E-state index in [0.717, 1.165) is 12.1 Å². The number of alkyl halides is 3. The molecule has 0 aromatic heterocycles. The predicted octanol–water partition coefficient (Wildman–Crippen LogP) is 4.50. The third-order valence-electron chi connectivity index (χ3n) is 5.30. The van der Waals surface area contributed by atoms with Crippen molar-refractivity contribution in [3.05, 3.63) is 83.2 Å². The van der Waals surface area contributed by atoms with Gasteiger partial charge in [0, 0.05) is 25.4 Å². The first-order valence-electron chi connectivity index (χ1n) is 10.8. The summed E-state index contributed by atoms with van der Waals surface area (Å²) in [4.78, 5) is 27.8. The maximum absolute atomic E-state index is 13.4. The summed E-state index contributed by atoms with van der Waals surface area (Å²) in [7, 11) is 1.70. The lowest BCUT2D eigenvalue weighted by atomic mass is 10.0. The maximum Gasteiger partial charge on any atom is 0.417 e. The van der Waals surface area contributed by atoms with E-state index in [9.17, 15) is 22.8 Å². The Morgan fingerprint density at radius 2 is 1.81 bits per heavy atom. The first-order valence-corrected chi connectivity index (χ1v) is 10.8. The number of carbonyl (C=O) groups excluding carboxylic acids is 2. The van der Waals surface area contributed by atoms with Crippen LogP contribution in [0.25, 0.3) is 0 Å². The van der Waals surface area contributed by atoms with Gasteiger partial charge in [-0.25, -0.2) is 4.79 Å². The van der Waals surface area contributed by atoms with Crippen molar-refractivity contribution in [2.45, 2.75) is 25.1 Å². The lowest BCUT2D eigenvalue weighted by molar-refractivity contribution is -0.164. The van der Waals surface area contributed by atoms with Crippen molar-refractivity contribution >= 4 is 17.6 Å². The topological polar surface area (TPSA) is 115 Å². The van der Waals surface area contributed by atoms with Gasteiger partial charge in [0.25, 0.3) is 5.91 Å². The summed E-state index contributed by atoms with van der Waals surface area (Å²) in [6.07, 6.45) is 0.407. The van der Waals surface area contributed by atoms with Crippen LogP contribution in [-0.2, 0) is 20.5 Å². The third-order valence-corrected chi connectivity index (χ3v) is 5.30. The molecule has 0 spiro atoms. The van der Waals surface area contributed by atoms with E-state index >= 15 is 0 Å². The van der Waals surface area contributed by atoms with E-state index in [1.807, 2.05) is 6.07 Å². The molecule has 1 amide bonds. The zero-order valence-electron chi connectivity index (χ0n) is 19.8. The Labute approximate surface area is 210 Å². The van der Waals surface area contributed by atoms with Gasteiger partial charge < -0.3 is 19.7 Å². The van der Waals surface area contributed by atoms with Crippen molar-refractivity contribution in [1.29, 1.82) is 10.5 Å². The number of hydrogen-bond donors (Lipinski definition) is 1. The number of nitrogens with one attached hydrogen (secondary N) is 1. The average molecular weight is 510 g/mol. The first kappa shape index (κ1) is 26.8. The molecule has 0 saturated heterocycles. The Morgan fingerprint density at radius 1 is 1.11 bits per heavy atom. The summed E-state index contributed by atoms with van der Waals surface area (Å²) < 4.78 is 51.3. The highest BCUT2D eigenvalue weighted by molar-refractivity contribution is 6.00. The fourth-order valence-electron chi connectivity index (χ4n) is 3.30. The summed E-state index contributed by atoms with van der Waals surface area (Å²) >= 11 is 0. The summed E-state index contributed by atoms with van der Waals surface area (Å²) in [6.45, 7) is 0.777. The molecule has 190 valence electrons. The van der Waals surface area contributed by atoms with Crippen molar-refractivity contribution in [2.24, 2.45) is 0 Å². The molecule has 0 saturated carbocycles. The van der Waals surface area contributed by atoms with Crippen LogP contribution < -0.4 is 10.1 Å². The predicted molar refractivity (Wildman–Crippen MR) is 126 cm³/mol. The van der Waals surface area contributed by atoms with Crippen LogP contribution in [0.5, 0.6) is 5.75 Å². The Bertz CT molecular complexity index is 1340. The number of carbonyl (C=O) groups is 2. The number of anilines is 1. The van der Waals surface area contributed by atoms with Gasteiger partial charge in [0.15, 0.2) is 0 Å². The van der Waals surface area contributed by atoms with E-state index in [1.54, 1.807) is 24.2 Å². The minimum Gasteiger partial charge on any atom is -0.489 e. The van der Waals surface area contributed by atoms with Crippen molar-refractivity contribution < 1.29 is 32.2 Å². The Morgan fingerprint density at radius 3 is 2.41 bits per heavy atom. The number of benzene rings is 2. The maximum atomic E-state index is 13.4. The van der Waals surface area contributed by atoms with Crippen LogP contribution in [0.1, 0.15) is 30.0 Å². The minimum atomic E-state index is -4.83. The number of esters is 1. The van der Waals surface area contributed by atoms with Crippen LogP contribution in [0.4, 0.5) is 18.9 Å². The molecule has 1 heterocycles. The van der Waals surface area contributed by atoms with Crippen molar-refractivity contribution in [2.75, 3.05) is 19.0 Å². The van der Waals surface area contributed by atoms with Crippen molar-refractivity contribution in [3.8, 4) is 17.9 Å². The Balaban J connectivity index is 1.88. The quantitative estimate of drug-likeness (QED) is 0.545. The Hall–Kier alpha value is -4.77. The van der Waals surface area contributed by atoms with E-state index in [1.165, 1.54) is 43.5 Å². The number of allylic oxidation sites excluding steroid dienone is 1. The van der Waals surface area contributed by atoms with Crippen LogP contribution >= 0.6 is 0 Å². The molecular weight excluding hydrogens is 489 g/mol. The highest BCUT2D eigenvalue weighted by Crippen LogP contribution is 2.34. The standard InChI is InChI=1S/C26H21F3N4O4/c1-25(16-36-21-9-5-17(13-30)6-10-21,37-23(34)19-4-3-11-33(2)15-19)24(35)32-20-8-7-18(14-31)22(12-20)26(27,28)29/h3,5-12,15H,4,16H2,1-2H3,(H,32,35)/t25-/m0/s1. The van der Waals surface area contributed by atoms with Crippen LogP contribution in [0, 0.1) is 22.7 Å². The number of nitrogens with zero attached hydrogens (tertiary/aromatic N) is 3. The molecule has 8 nitrogen and oxygen atoms in total. The summed E-state index contributed by atoms with van der Waals surface area (Å²) in [5, 5.41) is 20.3. The summed E-state index contributed by atoms with van der Waals surface area (Å²) in [6, 6.07) is 12.1. The van der Waals surface area contributed by atoms with E-state index in [4.69, 9.17) is 20.0 Å². The molecule has 2 aromatic rings. The molecular formula is C26H21F3N4O4. The van der Waals surface area contributed by atoms with Crippen LogP contribution in [0.3, 0.4) is 0 Å². The second-order valence-corrected chi connectivity index (χ2v) is 8.28. The van der Waals surface area contributed by atoms with Gasteiger partial charge >= 0.3 is 12.1 Å². The molecule has 1 aliphatic heterocycles. The largest absolute Gasteiger partial charge is 0.489 e. The molecule has 0 bridgehead atoms. The second kappa shape index (κ2) is 10.9. The third kappa shape index (κ3) is 6.67. The minimum absolute atomic E-state index is 0.250. The van der Waals surface area contributed by atoms with E-state index in [2.05, 4.69) is 5.32 Å². The van der Waals surface area contributed by atoms with Crippen LogP contribution in [-0.4, -0.2) is 36.0 Å². The SMILES string of the molecule is CN1C=CCC(C(=O)O[C@@](C)(COc2ccc(C#N)cc2)C(=O)Nc2ccc(C#N)c(C(F)(F)F)c2)=C1. The van der Waals surface area contributed by atoms with E-state index in [0.29, 0.717) is 11.6 Å². The molecule has 11 heteroatoms. The van der Waals surface area contributed by atoms with Gasteiger partial charge in [-0.2, -0.15) is 23.7 Å². The molecule has 1 aliphatic rings. The van der Waals surface area contributed by atoms with Gasteiger partial charge in [-0.15, -0.1) is 0 Å². The fourth-order valence-corrected chi connectivity index (χ4v) is 3.30. The lowest BCUT2D eigenvalue weighted by Gasteiger charge is -2.29. The highest BCUT2D eigenvalue weighted by atomic mass is 19.4.